The van der Waals surface area contributed by atoms with Gasteiger partial charge in [0.05, 0.1) is 19.6 Å². The molecule has 1 saturated heterocycles. The van der Waals surface area contributed by atoms with Gasteiger partial charge in [0.1, 0.15) is 6.04 Å². The molecule has 2 aliphatic rings. The number of nitrogens with one attached hydrogen (secondary N) is 4. The Labute approximate surface area is 167 Å². The fraction of sp³-hybridized carbons (Fsp3) is 0.611. The lowest BCUT2D eigenvalue weighted by atomic mass is 9.97. The fourth-order valence-corrected chi connectivity index (χ4v) is 3.78. The highest BCUT2D eigenvalue weighted by Crippen LogP contribution is 2.14. The van der Waals surface area contributed by atoms with Gasteiger partial charge in [0.2, 0.25) is 23.6 Å². The van der Waals surface area contributed by atoms with E-state index < -0.39 is 23.8 Å². The van der Waals surface area contributed by atoms with Gasteiger partial charge in [-0.2, -0.15) is 11.8 Å². The third kappa shape index (κ3) is 8.12. The molecule has 0 aliphatic carbocycles. The number of Topliss-reactive ketones (excluding diaryl/α,β-unsaturated/α-hetero) is 1. The van der Waals surface area contributed by atoms with Gasteiger partial charge in [-0.05, 0) is 30.3 Å². The summed E-state index contributed by atoms with van der Waals surface area (Å²) < 4.78 is 0. The first-order chi connectivity index (χ1) is 13.4. The number of ketones is 1. The topological polar surface area (TPSA) is 133 Å². The third-order valence-electron chi connectivity index (χ3n) is 4.33. The van der Waals surface area contributed by atoms with Gasteiger partial charge in [-0.25, -0.2) is 0 Å². The first-order valence-electron chi connectivity index (χ1n) is 9.30. The second-order valence-corrected chi connectivity index (χ2v) is 7.94. The second kappa shape index (κ2) is 11.5. The predicted molar refractivity (Wildman–Crippen MR) is 104 cm³/mol. The molecule has 4 N–H and O–H groups in total. The summed E-state index contributed by atoms with van der Waals surface area (Å²) in [4.78, 5) is 60.7. The lowest BCUT2D eigenvalue weighted by Gasteiger charge is -2.19. The molecule has 9 nitrogen and oxygen atoms in total. The van der Waals surface area contributed by atoms with E-state index in [9.17, 15) is 24.0 Å². The smallest absolute Gasteiger partial charge is 0.243 e. The maximum absolute atomic E-state index is 12.4. The van der Waals surface area contributed by atoms with Crippen molar-refractivity contribution in [1.82, 2.24) is 21.3 Å². The van der Waals surface area contributed by atoms with Gasteiger partial charge in [0.15, 0.2) is 5.78 Å². The number of carbonyl (C=O) groups is 5. The van der Waals surface area contributed by atoms with Crippen LogP contribution in [-0.2, 0) is 24.0 Å². The molecule has 2 aliphatic heterocycles. The molecule has 0 saturated carbocycles. The summed E-state index contributed by atoms with van der Waals surface area (Å²) in [5.41, 5.74) is 0. The minimum atomic E-state index is -0.798. The zero-order valence-corrected chi connectivity index (χ0v) is 16.4. The highest BCUT2D eigenvalue weighted by atomic mass is 32.2. The van der Waals surface area contributed by atoms with Crippen LogP contribution in [0.3, 0.4) is 0 Å². The van der Waals surface area contributed by atoms with E-state index in [4.69, 9.17) is 0 Å². The molecule has 1 fully saturated rings. The molecule has 2 unspecified atom stereocenters. The summed E-state index contributed by atoms with van der Waals surface area (Å²) in [6.07, 6.45) is 5.16. The van der Waals surface area contributed by atoms with Gasteiger partial charge >= 0.3 is 0 Å². The van der Waals surface area contributed by atoms with Crippen molar-refractivity contribution in [3.8, 4) is 0 Å². The van der Waals surface area contributed by atoms with Crippen LogP contribution < -0.4 is 21.3 Å². The molecule has 0 aromatic heterocycles. The molecule has 2 bridgehead atoms. The van der Waals surface area contributed by atoms with E-state index in [1.807, 2.05) is 12.2 Å². The number of amides is 4. The third-order valence-corrected chi connectivity index (χ3v) is 5.38. The molecule has 0 aromatic rings. The number of rotatable bonds is 0. The SMILES string of the molecule is O=C1CNC(=O)CNC(=O)C2CCSCCC=CC(C1)CC(=O)NCC(=O)N2. The maximum atomic E-state index is 12.4. The zero-order valence-electron chi connectivity index (χ0n) is 15.6. The number of allylic oxidation sites excluding steroid dienone is 2. The summed E-state index contributed by atoms with van der Waals surface area (Å²) in [5, 5.41) is 10.1. The van der Waals surface area contributed by atoms with Crippen LogP contribution in [0, 0.1) is 5.92 Å². The normalized spacial score (nSPS) is 26.5. The Morgan fingerprint density at radius 2 is 1.57 bits per heavy atom. The van der Waals surface area contributed by atoms with Crippen LogP contribution in [0.25, 0.3) is 0 Å². The summed E-state index contributed by atoms with van der Waals surface area (Å²) in [7, 11) is 0. The van der Waals surface area contributed by atoms with Crippen molar-refractivity contribution in [2.24, 2.45) is 5.92 Å². The van der Waals surface area contributed by atoms with Crippen molar-refractivity contribution in [2.45, 2.75) is 31.7 Å². The van der Waals surface area contributed by atoms with Crippen molar-refractivity contribution < 1.29 is 24.0 Å². The average Bonchev–Trinajstić information content (AvgIpc) is 2.66. The van der Waals surface area contributed by atoms with Crippen LogP contribution in [0.4, 0.5) is 0 Å². The Morgan fingerprint density at radius 1 is 0.821 bits per heavy atom. The minimum absolute atomic E-state index is 0.0700. The first-order valence-corrected chi connectivity index (χ1v) is 10.5. The Balaban J connectivity index is 2.23. The van der Waals surface area contributed by atoms with Crippen molar-refractivity contribution in [2.75, 3.05) is 31.1 Å². The fourth-order valence-electron chi connectivity index (χ4n) is 2.87. The second-order valence-electron chi connectivity index (χ2n) is 6.72. The molecule has 4 amide bonds. The van der Waals surface area contributed by atoms with Crippen molar-refractivity contribution in [3.63, 3.8) is 0 Å². The Bertz CT molecular complexity index is 652. The van der Waals surface area contributed by atoms with E-state index in [1.54, 1.807) is 11.8 Å². The monoisotopic (exact) mass is 410 g/mol. The van der Waals surface area contributed by atoms with E-state index in [0.29, 0.717) is 12.2 Å². The molecule has 2 rings (SSSR count). The highest BCUT2D eigenvalue weighted by Gasteiger charge is 2.23. The van der Waals surface area contributed by atoms with E-state index in [0.717, 1.165) is 12.2 Å². The number of thioether (sulfide) groups is 1. The summed E-state index contributed by atoms with van der Waals surface area (Å²) in [6.45, 7) is -0.678. The van der Waals surface area contributed by atoms with E-state index in [2.05, 4.69) is 21.3 Å². The maximum Gasteiger partial charge on any atom is 0.243 e. The average molecular weight is 410 g/mol. The van der Waals surface area contributed by atoms with Crippen LogP contribution in [0.1, 0.15) is 25.7 Å². The predicted octanol–water partition coefficient (Wildman–Crippen LogP) is -1.12. The van der Waals surface area contributed by atoms with Crippen LogP contribution >= 0.6 is 11.8 Å². The van der Waals surface area contributed by atoms with Crippen molar-refractivity contribution in [1.29, 1.82) is 0 Å². The van der Waals surface area contributed by atoms with Gasteiger partial charge in [-0.15, -0.1) is 0 Å². The van der Waals surface area contributed by atoms with E-state index in [1.165, 1.54) is 0 Å². The number of fused-ring (bicyclic) bond motifs is 7. The molecule has 0 spiro atoms. The summed E-state index contributed by atoms with van der Waals surface area (Å²) in [5.74, 6) is -0.808. The Kier molecular flexibility index (Phi) is 8.99. The van der Waals surface area contributed by atoms with E-state index in [-0.39, 0.29) is 50.1 Å². The molecule has 2 atom stereocenters. The zero-order chi connectivity index (χ0) is 20.4. The molecule has 0 radical (unpaired) electrons. The van der Waals surface area contributed by atoms with Crippen molar-refractivity contribution in [3.05, 3.63) is 12.2 Å². The number of hydrogen-bond donors (Lipinski definition) is 4. The quantitative estimate of drug-likeness (QED) is 0.374. The molecule has 154 valence electrons. The molecular weight excluding hydrogens is 384 g/mol. The van der Waals surface area contributed by atoms with Crippen LogP contribution in [0.5, 0.6) is 0 Å². The van der Waals surface area contributed by atoms with Gasteiger partial charge < -0.3 is 21.3 Å². The van der Waals surface area contributed by atoms with E-state index >= 15 is 0 Å². The lowest BCUT2D eigenvalue weighted by Crippen LogP contribution is -2.51. The van der Waals surface area contributed by atoms with Crippen molar-refractivity contribution >= 4 is 41.2 Å². The standard InChI is InChI=1S/C18H26N4O5S/c23-13-7-12-3-1-2-5-28-6-4-14(18(27)21-10-16(25)19-9-13)22-17(26)11-20-15(24)8-12/h1,3,12,14H,2,4-11H2,(H,19,25)(H,20,24)(H,21,27)(H,22,26). The summed E-state index contributed by atoms with van der Waals surface area (Å²) in [6, 6.07) is -0.798. The molecule has 0 aromatic carbocycles. The molecule has 10 heteroatoms. The van der Waals surface area contributed by atoms with Crippen LogP contribution in [-0.4, -0.2) is 66.6 Å². The number of carbonyl (C=O) groups excluding carboxylic acids is 5. The molecular formula is C18H26N4O5S. The van der Waals surface area contributed by atoms with Gasteiger partial charge in [0.25, 0.3) is 0 Å². The van der Waals surface area contributed by atoms with Gasteiger partial charge in [-0.3, -0.25) is 24.0 Å². The largest absolute Gasteiger partial charge is 0.347 e. The molecule has 28 heavy (non-hydrogen) atoms. The number of hydrogen-bond acceptors (Lipinski definition) is 6. The molecule has 2 heterocycles. The van der Waals surface area contributed by atoms with Crippen LogP contribution in [0.15, 0.2) is 12.2 Å². The first kappa shape index (κ1) is 21.9. The van der Waals surface area contributed by atoms with Crippen LogP contribution in [0.2, 0.25) is 0 Å². The minimum Gasteiger partial charge on any atom is -0.347 e. The highest BCUT2D eigenvalue weighted by molar-refractivity contribution is 7.99. The van der Waals surface area contributed by atoms with Gasteiger partial charge in [0, 0.05) is 12.8 Å². The Morgan fingerprint density at radius 3 is 2.39 bits per heavy atom. The lowest BCUT2D eigenvalue weighted by molar-refractivity contribution is -0.131. The Hall–Kier alpha value is -2.36. The summed E-state index contributed by atoms with van der Waals surface area (Å²) >= 11 is 1.65. The van der Waals surface area contributed by atoms with Gasteiger partial charge in [-0.1, -0.05) is 12.2 Å².